The summed E-state index contributed by atoms with van der Waals surface area (Å²) in [6, 6.07) is 47.3. The van der Waals surface area contributed by atoms with E-state index < -0.39 is 0 Å². The summed E-state index contributed by atoms with van der Waals surface area (Å²) in [5.41, 5.74) is 9.07. The molecule has 0 amide bonds. The fourth-order valence-corrected chi connectivity index (χ4v) is 5.54. The minimum Gasteiger partial charge on any atom is -0.244 e. The molecule has 2 heteroatoms. The third-order valence-corrected chi connectivity index (χ3v) is 7.22. The number of rotatable bonds is 4. The summed E-state index contributed by atoms with van der Waals surface area (Å²) in [6.07, 6.45) is 3.56. The molecule has 0 atom stereocenters. The first-order valence-corrected chi connectivity index (χ1v) is 12.8. The third kappa shape index (κ3) is 3.75. The van der Waals surface area contributed by atoms with Gasteiger partial charge in [0.2, 0.25) is 0 Å². The number of benzene rings is 6. The van der Waals surface area contributed by atoms with E-state index in [4.69, 9.17) is 0 Å². The van der Waals surface area contributed by atoms with Crippen LogP contribution in [-0.2, 0) is 0 Å². The Hall–Kier alpha value is -5.08. The van der Waals surface area contributed by atoms with E-state index >= 15 is 0 Å². The molecule has 1 aromatic heterocycles. The van der Waals surface area contributed by atoms with Crippen LogP contribution in [0.2, 0.25) is 0 Å². The quantitative estimate of drug-likeness (QED) is 0.233. The first-order valence-electron chi connectivity index (χ1n) is 12.8. The molecule has 0 bridgehead atoms. The van der Waals surface area contributed by atoms with Gasteiger partial charge in [-0.25, -0.2) is 9.97 Å². The van der Waals surface area contributed by atoms with Gasteiger partial charge in [0.15, 0.2) is 0 Å². The van der Waals surface area contributed by atoms with Crippen LogP contribution in [0.25, 0.3) is 66.2 Å². The molecule has 6 aromatic carbocycles. The van der Waals surface area contributed by atoms with Gasteiger partial charge >= 0.3 is 0 Å². The Morgan fingerprint density at radius 3 is 1.50 bits per heavy atom. The lowest BCUT2D eigenvalue weighted by Gasteiger charge is -2.19. The first kappa shape index (κ1) is 22.1. The van der Waals surface area contributed by atoms with E-state index in [-0.39, 0.29) is 0 Å². The third-order valence-electron chi connectivity index (χ3n) is 7.22. The second-order valence-corrected chi connectivity index (χ2v) is 9.44. The molecule has 178 valence electrons. The lowest BCUT2D eigenvalue weighted by Crippen LogP contribution is -1.93. The summed E-state index contributed by atoms with van der Waals surface area (Å²) in [7, 11) is 0. The van der Waals surface area contributed by atoms with Gasteiger partial charge in [-0.15, -0.1) is 0 Å². The average Bonchev–Trinajstić information content (AvgIpc) is 3.01. The van der Waals surface area contributed by atoms with Crippen molar-refractivity contribution in [3.05, 3.63) is 146 Å². The van der Waals surface area contributed by atoms with Crippen molar-refractivity contribution in [3.63, 3.8) is 0 Å². The van der Waals surface area contributed by atoms with Crippen LogP contribution in [0.4, 0.5) is 0 Å². The molecule has 1 heterocycles. The van der Waals surface area contributed by atoms with Gasteiger partial charge in [0.1, 0.15) is 6.33 Å². The van der Waals surface area contributed by atoms with E-state index in [1.165, 1.54) is 43.8 Å². The molecule has 0 fully saturated rings. The molecule has 0 aliphatic carbocycles. The minimum atomic E-state index is 0.935. The van der Waals surface area contributed by atoms with Gasteiger partial charge in [0.05, 0.1) is 5.69 Å². The molecule has 38 heavy (non-hydrogen) atoms. The summed E-state index contributed by atoms with van der Waals surface area (Å²) < 4.78 is 0. The summed E-state index contributed by atoms with van der Waals surface area (Å²) in [6.45, 7) is 0. The highest BCUT2D eigenvalue weighted by atomic mass is 14.8. The summed E-state index contributed by atoms with van der Waals surface area (Å²) in [4.78, 5) is 9.10. The Balaban J connectivity index is 1.60. The summed E-state index contributed by atoms with van der Waals surface area (Å²) in [5, 5.41) is 4.95. The number of hydrogen-bond acceptors (Lipinski definition) is 2. The normalized spacial score (nSPS) is 11.2. The first-order chi connectivity index (χ1) is 18.9. The van der Waals surface area contributed by atoms with Gasteiger partial charge in [-0.05, 0) is 55.4 Å². The van der Waals surface area contributed by atoms with Gasteiger partial charge in [0.25, 0.3) is 0 Å². The van der Waals surface area contributed by atoms with Crippen LogP contribution in [0.5, 0.6) is 0 Å². The highest BCUT2D eigenvalue weighted by Gasteiger charge is 2.18. The Labute approximate surface area is 221 Å². The van der Waals surface area contributed by atoms with E-state index in [0.29, 0.717) is 0 Å². The average molecular weight is 485 g/mol. The highest BCUT2D eigenvalue weighted by Crippen LogP contribution is 2.45. The Bertz CT molecular complexity index is 1890. The summed E-state index contributed by atoms with van der Waals surface area (Å²) in [5.74, 6) is 0. The van der Waals surface area contributed by atoms with Crippen molar-refractivity contribution in [2.75, 3.05) is 0 Å². The highest BCUT2D eigenvalue weighted by molar-refractivity contribution is 6.22. The molecule has 0 saturated carbocycles. The maximum Gasteiger partial charge on any atom is 0.116 e. The topological polar surface area (TPSA) is 25.8 Å². The van der Waals surface area contributed by atoms with E-state index in [0.717, 1.165) is 22.4 Å². The molecule has 0 aliphatic heterocycles. The standard InChI is InChI=1S/C36H24N2/c1-4-12-25(13-5-1)34-29-18-10-11-19-30(29)35(26-14-6-2-7-15-26)32-22-28(20-21-31(32)34)33-23-37-24-38-36(33)27-16-8-3-9-17-27/h1-24H. The van der Waals surface area contributed by atoms with Crippen LogP contribution in [0.1, 0.15) is 0 Å². The fraction of sp³-hybridized carbons (Fsp3) is 0. The predicted octanol–water partition coefficient (Wildman–Crippen LogP) is 9.45. The monoisotopic (exact) mass is 484 g/mol. The molecule has 0 radical (unpaired) electrons. The van der Waals surface area contributed by atoms with E-state index in [1.807, 2.05) is 24.4 Å². The van der Waals surface area contributed by atoms with Crippen molar-refractivity contribution in [1.29, 1.82) is 0 Å². The van der Waals surface area contributed by atoms with Gasteiger partial charge < -0.3 is 0 Å². The maximum atomic E-state index is 4.69. The second kappa shape index (κ2) is 9.42. The van der Waals surface area contributed by atoms with Gasteiger partial charge in [0, 0.05) is 17.3 Å². The zero-order valence-electron chi connectivity index (χ0n) is 20.8. The number of hydrogen-bond donors (Lipinski definition) is 0. The second-order valence-electron chi connectivity index (χ2n) is 9.44. The molecular formula is C36H24N2. The van der Waals surface area contributed by atoms with Crippen LogP contribution in [-0.4, -0.2) is 9.97 Å². The number of nitrogens with zero attached hydrogens (tertiary/aromatic N) is 2. The van der Waals surface area contributed by atoms with Crippen molar-refractivity contribution in [3.8, 4) is 44.6 Å². The van der Waals surface area contributed by atoms with Crippen molar-refractivity contribution < 1.29 is 0 Å². The zero-order valence-corrected chi connectivity index (χ0v) is 20.8. The SMILES string of the molecule is c1ccc(-c2ncncc2-c2ccc3c(-c4ccccc4)c4ccccc4c(-c4ccccc4)c3c2)cc1. The van der Waals surface area contributed by atoms with Crippen molar-refractivity contribution >= 4 is 21.5 Å². The lowest BCUT2D eigenvalue weighted by atomic mass is 9.85. The van der Waals surface area contributed by atoms with Crippen LogP contribution >= 0.6 is 0 Å². The van der Waals surface area contributed by atoms with E-state index in [2.05, 4.69) is 125 Å². The van der Waals surface area contributed by atoms with Gasteiger partial charge in [-0.2, -0.15) is 0 Å². The smallest absolute Gasteiger partial charge is 0.116 e. The number of fused-ring (bicyclic) bond motifs is 2. The molecule has 0 unspecified atom stereocenters. The molecule has 7 rings (SSSR count). The largest absolute Gasteiger partial charge is 0.244 e. The minimum absolute atomic E-state index is 0.935. The molecule has 0 N–H and O–H groups in total. The molecule has 0 spiro atoms. The predicted molar refractivity (Wildman–Crippen MR) is 159 cm³/mol. The van der Waals surface area contributed by atoms with E-state index in [9.17, 15) is 0 Å². The summed E-state index contributed by atoms with van der Waals surface area (Å²) >= 11 is 0. The molecule has 2 nitrogen and oxygen atoms in total. The van der Waals surface area contributed by atoms with Crippen LogP contribution in [0.3, 0.4) is 0 Å². The van der Waals surface area contributed by atoms with Crippen molar-refractivity contribution in [2.24, 2.45) is 0 Å². The van der Waals surface area contributed by atoms with Crippen molar-refractivity contribution in [2.45, 2.75) is 0 Å². The van der Waals surface area contributed by atoms with E-state index in [1.54, 1.807) is 6.33 Å². The maximum absolute atomic E-state index is 4.69. The van der Waals surface area contributed by atoms with Crippen molar-refractivity contribution in [1.82, 2.24) is 9.97 Å². The molecule has 7 aromatic rings. The Morgan fingerprint density at radius 1 is 0.395 bits per heavy atom. The van der Waals surface area contributed by atoms with Crippen LogP contribution in [0.15, 0.2) is 146 Å². The van der Waals surface area contributed by atoms with Gasteiger partial charge in [-0.1, -0.05) is 127 Å². The molecule has 0 aliphatic rings. The van der Waals surface area contributed by atoms with Crippen LogP contribution < -0.4 is 0 Å². The Kier molecular flexibility index (Phi) is 5.49. The molecular weight excluding hydrogens is 460 g/mol. The Morgan fingerprint density at radius 2 is 0.895 bits per heavy atom. The fourth-order valence-electron chi connectivity index (χ4n) is 5.54. The molecule has 0 saturated heterocycles. The van der Waals surface area contributed by atoms with Crippen LogP contribution in [0, 0.1) is 0 Å². The van der Waals surface area contributed by atoms with Gasteiger partial charge in [-0.3, -0.25) is 0 Å². The zero-order chi connectivity index (χ0) is 25.3. The number of aromatic nitrogens is 2. The lowest BCUT2D eigenvalue weighted by molar-refractivity contribution is 1.17.